The maximum absolute atomic E-state index is 12.6. The summed E-state index contributed by atoms with van der Waals surface area (Å²) in [6, 6.07) is 10.9. The number of amides is 2. The third-order valence-electron chi connectivity index (χ3n) is 4.14. The first kappa shape index (κ1) is 15.2. The second kappa shape index (κ2) is 6.28. The molecular formula is C20H16N2O3. The first-order valence-electron chi connectivity index (χ1n) is 8.03. The molecule has 1 aliphatic carbocycles. The van der Waals surface area contributed by atoms with Gasteiger partial charge in [-0.1, -0.05) is 30.4 Å². The van der Waals surface area contributed by atoms with E-state index >= 15 is 0 Å². The van der Waals surface area contributed by atoms with E-state index in [1.807, 2.05) is 36.4 Å². The second-order valence-corrected chi connectivity index (χ2v) is 5.91. The van der Waals surface area contributed by atoms with E-state index in [0.717, 1.165) is 17.5 Å². The maximum atomic E-state index is 12.6. The van der Waals surface area contributed by atoms with Gasteiger partial charge in [0.05, 0.1) is 5.69 Å². The Labute approximate surface area is 145 Å². The second-order valence-electron chi connectivity index (χ2n) is 5.91. The smallest absolute Gasteiger partial charge is 0.262 e. The number of fused-ring (bicyclic) bond motifs is 2. The quantitative estimate of drug-likeness (QED) is 0.886. The summed E-state index contributed by atoms with van der Waals surface area (Å²) in [6.07, 6.45) is 8.90. The lowest BCUT2D eigenvalue weighted by atomic mass is 10.0. The third-order valence-corrected chi connectivity index (χ3v) is 4.14. The minimum absolute atomic E-state index is 0.0106. The van der Waals surface area contributed by atoms with Gasteiger partial charge in [0.15, 0.2) is 6.61 Å². The van der Waals surface area contributed by atoms with Gasteiger partial charge in [-0.3, -0.25) is 9.59 Å². The Balaban J connectivity index is 1.55. The van der Waals surface area contributed by atoms with Crippen molar-refractivity contribution in [2.24, 2.45) is 0 Å². The molecule has 25 heavy (non-hydrogen) atoms. The van der Waals surface area contributed by atoms with Crippen LogP contribution >= 0.6 is 0 Å². The van der Waals surface area contributed by atoms with Crippen molar-refractivity contribution in [2.75, 3.05) is 17.2 Å². The molecular weight excluding hydrogens is 316 g/mol. The summed E-state index contributed by atoms with van der Waals surface area (Å²) < 4.78 is 5.32. The largest absolute Gasteiger partial charge is 0.482 e. The van der Waals surface area contributed by atoms with Gasteiger partial charge in [0.1, 0.15) is 5.75 Å². The van der Waals surface area contributed by atoms with Crippen molar-refractivity contribution in [2.45, 2.75) is 6.42 Å². The van der Waals surface area contributed by atoms with Gasteiger partial charge in [-0.25, -0.2) is 0 Å². The predicted molar refractivity (Wildman–Crippen MR) is 96.8 cm³/mol. The number of ether oxygens (including phenoxy) is 1. The highest BCUT2D eigenvalue weighted by atomic mass is 16.5. The molecule has 1 aliphatic heterocycles. The Morgan fingerprint density at radius 1 is 1.12 bits per heavy atom. The van der Waals surface area contributed by atoms with Crippen LogP contribution in [0.15, 0.2) is 54.6 Å². The number of carbonyl (C=O) groups is 2. The van der Waals surface area contributed by atoms with Crippen LogP contribution < -0.4 is 15.4 Å². The molecule has 0 aromatic heterocycles. The number of benzene rings is 2. The highest BCUT2D eigenvalue weighted by Crippen LogP contribution is 2.30. The summed E-state index contributed by atoms with van der Waals surface area (Å²) in [6.45, 7) is 0.0106. The highest BCUT2D eigenvalue weighted by molar-refractivity contribution is 6.05. The van der Waals surface area contributed by atoms with Crippen molar-refractivity contribution >= 4 is 29.3 Å². The van der Waals surface area contributed by atoms with E-state index < -0.39 is 0 Å². The Hall–Kier alpha value is -3.34. The number of allylic oxidation sites excluding steroid dienone is 3. The molecule has 0 spiro atoms. The fourth-order valence-corrected chi connectivity index (χ4v) is 2.88. The van der Waals surface area contributed by atoms with E-state index in [9.17, 15) is 9.59 Å². The minimum atomic E-state index is -0.206. The normalized spacial score (nSPS) is 14.6. The molecule has 0 atom stereocenters. The monoisotopic (exact) mass is 332 g/mol. The van der Waals surface area contributed by atoms with Crippen LogP contribution in [0.1, 0.15) is 21.5 Å². The predicted octanol–water partition coefficient (Wildman–Crippen LogP) is 3.40. The van der Waals surface area contributed by atoms with Crippen LogP contribution in [0.2, 0.25) is 0 Å². The van der Waals surface area contributed by atoms with Gasteiger partial charge in [0, 0.05) is 11.3 Å². The molecule has 0 unspecified atom stereocenters. The summed E-state index contributed by atoms with van der Waals surface area (Å²) in [5.41, 5.74) is 4.00. The van der Waals surface area contributed by atoms with E-state index in [4.69, 9.17) is 4.74 Å². The molecule has 1 heterocycles. The Morgan fingerprint density at radius 2 is 2.04 bits per heavy atom. The van der Waals surface area contributed by atoms with E-state index in [1.165, 1.54) is 0 Å². The topological polar surface area (TPSA) is 67.4 Å². The van der Waals surface area contributed by atoms with Gasteiger partial charge < -0.3 is 15.4 Å². The van der Waals surface area contributed by atoms with Gasteiger partial charge in [-0.2, -0.15) is 0 Å². The van der Waals surface area contributed by atoms with Crippen LogP contribution in [0.5, 0.6) is 5.75 Å². The molecule has 0 saturated carbocycles. The first-order chi connectivity index (χ1) is 12.2. The maximum Gasteiger partial charge on any atom is 0.262 e. The molecule has 0 bridgehead atoms. The minimum Gasteiger partial charge on any atom is -0.482 e. The Kier molecular flexibility index (Phi) is 3.82. The van der Waals surface area contributed by atoms with Crippen LogP contribution in [0.4, 0.5) is 11.4 Å². The van der Waals surface area contributed by atoms with Crippen LogP contribution in [-0.4, -0.2) is 18.4 Å². The molecule has 124 valence electrons. The van der Waals surface area contributed by atoms with Gasteiger partial charge in [0.2, 0.25) is 0 Å². The van der Waals surface area contributed by atoms with E-state index in [-0.39, 0.29) is 18.4 Å². The summed E-state index contributed by atoms with van der Waals surface area (Å²) in [4.78, 5) is 24.0. The van der Waals surface area contributed by atoms with Crippen molar-refractivity contribution in [3.05, 3.63) is 71.3 Å². The molecule has 5 heteroatoms. The molecule has 0 saturated heterocycles. The summed E-state index contributed by atoms with van der Waals surface area (Å²) >= 11 is 0. The summed E-state index contributed by atoms with van der Waals surface area (Å²) in [5.74, 6) is 0.201. The molecule has 2 N–H and O–H groups in total. The molecule has 2 aromatic rings. The fraction of sp³-hybridized carbons (Fsp3) is 0.100. The first-order valence-corrected chi connectivity index (χ1v) is 8.03. The zero-order valence-electron chi connectivity index (χ0n) is 13.4. The van der Waals surface area contributed by atoms with Crippen molar-refractivity contribution in [3.63, 3.8) is 0 Å². The van der Waals surface area contributed by atoms with Gasteiger partial charge in [0.25, 0.3) is 11.8 Å². The molecule has 2 amide bonds. The zero-order valence-corrected chi connectivity index (χ0v) is 13.4. The average Bonchev–Trinajstić information content (AvgIpc) is 2.86. The molecule has 5 nitrogen and oxygen atoms in total. The van der Waals surface area contributed by atoms with Crippen molar-refractivity contribution in [1.29, 1.82) is 0 Å². The van der Waals surface area contributed by atoms with E-state index in [0.29, 0.717) is 22.7 Å². The number of anilines is 2. The molecule has 0 fully saturated rings. The lowest BCUT2D eigenvalue weighted by Crippen LogP contribution is -2.25. The molecule has 2 aromatic carbocycles. The van der Waals surface area contributed by atoms with Crippen molar-refractivity contribution in [1.82, 2.24) is 0 Å². The lowest BCUT2D eigenvalue weighted by Gasteiger charge is -2.18. The number of hydrogen-bond acceptors (Lipinski definition) is 3. The van der Waals surface area contributed by atoms with E-state index in [1.54, 1.807) is 18.2 Å². The summed E-state index contributed by atoms with van der Waals surface area (Å²) in [5, 5.41) is 5.59. The zero-order chi connectivity index (χ0) is 17.2. The van der Waals surface area contributed by atoms with Crippen LogP contribution in [0.25, 0.3) is 6.08 Å². The highest BCUT2D eigenvalue weighted by Gasteiger charge is 2.17. The number of hydrogen-bond donors (Lipinski definition) is 2. The van der Waals surface area contributed by atoms with Gasteiger partial charge in [-0.15, -0.1) is 0 Å². The third kappa shape index (κ3) is 3.17. The lowest BCUT2D eigenvalue weighted by molar-refractivity contribution is -0.118. The van der Waals surface area contributed by atoms with E-state index in [2.05, 4.69) is 16.7 Å². The molecule has 0 radical (unpaired) electrons. The van der Waals surface area contributed by atoms with Crippen molar-refractivity contribution < 1.29 is 14.3 Å². The Bertz CT molecular complexity index is 929. The Morgan fingerprint density at radius 3 is 2.96 bits per heavy atom. The number of rotatable bonds is 2. The molecule has 2 aliphatic rings. The number of carbonyl (C=O) groups excluding carboxylic acids is 2. The van der Waals surface area contributed by atoms with Crippen molar-refractivity contribution in [3.8, 4) is 5.75 Å². The van der Waals surface area contributed by atoms with Crippen LogP contribution in [0, 0.1) is 0 Å². The van der Waals surface area contributed by atoms with Gasteiger partial charge >= 0.3 is 0 Å². The van der Waals surface area contributed by atoms with Crippen LogP contribution in [-0.2, 0) is 11.2 Å². The average molecular weight is 332 g/mol. The molecule has 4 rings (SSSR count). The van der Waals surface area contributed by atoms with Crippen LogP contribution in [0.3, 0.4) is 0 Å². The summed E-state index contributed by atoms with van der Waals surface area (Å²) in [7, 11) is 0. The fourth-order valence-electron chi connectivity index (χ4n) is 2.88. The standard InChI is InChI=1S/C20H16N2O3/c23-19-12-25-18-9-8-16(11-17(18)22-19)21-20(24)15-7-6-13-4-2-1-3-5-14(13)10-15/h1-4,6-11H,5,12H2,(H,21,24)(H,22,23). The SMILES string of the molecule is O=C1COc2ccc(NC(=O)c3ccc4c(c3)CC=CC=C4)cc2N1. The van der Waals surface area contributed by atoms with Gasteiger partial charge in [-0.05, 0) is 47.9 Å². The number of nitrogens with one attached hydrogen (secondary N) is 2.